The lowest BCUT2D eigenvalue weighted by molar-refractivity contribution is 0.101. The van der Waals surface area contributed by atoms with Crippen molar-refractivity contribution in [1.82, 2.24) is 14.5 Å². The van der Waals surface area contributed by atoms with E-state index in [1.807, 2.05) is 31.2 Å². The lowest BCUT2D eigenvalue weighted by Crippen LogP contribution is -2.17. The monoisotopic (exact) mass is 375 g/mol. The Labute approximate surface area is 160 Å². The van der Waals surface area contributed by atoms with E-state index in [1.165, 1.54) is 0 Å². The van der Waals surface area contributed by atoms with Gasteiger partial charge in [0.15, 0.2) is 11.5 Å². The molecule has 3 heterocycles. The standard InChI is InChI=1S/C20H17N5O3/c1-12-7-3-4-8-14(12)21-20(27)18-23-17(15-9-5-6-10-25(15)18)19(26)22-16-11-13(2)28-24-16/h3-11H,1-2H3,(H,21,27)(H,22,24,26). The summed E-state index contributed by atoms with van der Waals surface area (Å²) in [4.78, 5) is 29.8. The van der Waals surface area contributed by atoms with Crippen LogP contribution in [0.25, 0.3) is 5.52 Å². The molecule has 28 heavy (non-hydrogen) atoms. The number of aryl methyl sites for hydroxylation is 2. The smallest absolute Gasteiger partial charge is 0.292 e. The first-order valence-electron chi connectivity index (χ1n) is 8.61. The van der Waals surface area contributed by atoms with E-state index in [2.05, 4.69) is 20.8 Å². The zero-order valence-corrected chi connectivity index (χ0v) is 15.3. The van der Waals surface area contributed by atoms with E-state index in [1.54, 1.807) is 41.8 Å². The molecule has 0 spiro atoms. The van der Waals surface area contributed by atoms with E-state index in [9.17, 15) is 9.59 Å². The first kappa shape index (κ1) is 17.5. The highest BCUT2D eigenvalue weighted by atomic mass is 16.5. The Morgan fingerprint density at radius 3 is 2.54 bits per heavy atom. The fourth-order valence-electron chi connectivity index (χ4n) is 2.86. The normalized spacial score (nSPS) is 10.8. The molecular weight excluding hydrogens is 358 g/mol. The van der Waals surface area contributed by atoms with Crippen LogP contribution in [-0.4, -0.2) is 26.4 Å². The molecule has 2 amide bonds. The van der Waals surface area contributed by atoms with Crippen LogP contribution in [0, 0.1) is 13.8 Å². The molecule has 0 fully saturated rings. The molecule has 0 saturated heterocycles. The summed E-state index contributed by atoms with van der Waals surface area (Å²) in [6.07, 6.45) is 1.69. The number of anilines is 2. The summed E-state index contributed by atoms with van der Waals surface area (Å²) < 4.78 is 6.54. The molecule has 0 aliphatic carbocycles. The van der Waals surface area contributed by atoms with Crippen LogP contribution < -0.4 is 10.6 Å². The molecule has 0 saturated carbocycles. The number of rotatable bonds is 4. The summed E-state index contributed by atoms with van der Waals surface area (Å²) in [7, 11) is 0. The molecule has 0 atom stereocenters. The number of amides is 2. The average molecular weight is 375 g/mol. The maximum atomic E-state index is 12.8. The zero-order valence-electron chi connectivity index (χ0n) is 15.3. The van der Waals surface area contributed by atoms with Gasteiger partial charge >= 0.3 is 0 Å². The van der Waals surface area contributed by atoms with Crippen LogP contribution in [0.3, 0.4) is 0 Å². The molecule has 1 aromatic carbocycles. The molecule has 4 rings (SSSR count). The molecule has 0 bridgehead atoms. The average Bonchev–Trinajstić information content (AvgIpc) is 3.27. The van der Waals surface area contributed by atoms with Gasteiger partial charge in [0.05, 0.1) is 5.52 Å². The molecule has 0 aliphatic heterocycles. The Kier molecular flexibility index (Phi) is 4.36. The minimum absolute atomic E-state index is 0.111. The molecule has 0 aliphatic rings. The summed E-state index contributed by atoms with van der Waals surface area (Å²) in [5.41, 5.74) is 2.24. The number of hydrogen-bond donors (Lipinski definition) is 2. The van der Waals surface area contributed by atoms with Gasteiger partial charge < -0.3 is 15.2 Å². The van der Waals surface area contributed by atoms with Gasteiger partial charge in [-0.2, -0.15) is 0 Å². The van der Waals surface area contributed by atoms with Crippen molar-refractivity contribution >= 4 is 28.8 Å². The lowest BCUT2D eigenvalue weighted by Gasteiger charge is -2.07. The number of carbonyl (C=O) groups is 2. The molecule has 8 nitrogen and oxygen atoms in total. The van der Waals surface area contributed by atoms with Crippen LogP contribution in [0.4, 0.5) is 11.5 Å². The summed E-state index contributed by atoms with van der Waals surface area (Å²) in [5, 5.41) is 9.22. The molecule has 8 heteroatoms. The van der Waals surface area contributed by atoms with E-state index in [0.29, 0.717) is 17.0 Å². The second-order valence-corrected chi connectivity index (χ2v) is 6.29. The van der Waals surface area contributed by atoms with Gasteiger partial charge in [-0.25, -0.2) is 4.98 Å². The van der Waals surface area contributed by atoms with E-state index < -0.39 is 11.8 Å². The number of benzene rings is 1. The fourth-order valence-corrected chi connectivity index (χ4v) is 2.86. The van der Waals surface area contributed by atoms with Crippen molar-refractivity contribution in [3.63, 3.8) is 0 Å². The van der Waals surface area contributed by atoms with Crippen LogP contribution in [0.5, 0.6) is 0 Å². The van der Waals surface area contributed by atoms with Crippen molar-refractivity contribution < 1.29 is 14.1 Å². The highest BCUT2D eigenvalue weighted by Gasteiger charge is 2.22. The third-order valence-electron chi connectivity index (χ3n) is 4.23. The molecule has 4 aromatic rings. The number of nitrogens with one attached hydrogen (secondary N) is 2. The quantitative estimate of drug-likeness (QED) is 0.569. The Hall–Kier alpha value is -3.94. The van der Waals surface area contributed by atoms with Gasteiger partial charge in [0.25, 0.3) is 11.8 Å². The summed E-state index contributed by atoms with van der Waals surface area (Å²) in [5.74, 6) is 0.0768. The second kappa shape index (κ2) is 6.99. The van der Waals surface area contributed by atoms with Gasteiger partial charge in [0.2, 0.25) is 5.82 Å². The predicted molar refractivity (Wildman–Crippen MR) is 104 cm³/mol. The summed E-state index contributed by atoms with van der Waals surface area (Å²) >= 11 is 0. The maximum Gasteiger partial charge on any atom is 0.292 e. The van der Waals surface area contributed by atoms with Gasteiger partial charge in [0, 0.05) is 18.0 Å². The third-order valence-corrected chi connectivity index (χ3v) is 4.23. The SMILES string of the molecule is Cc1cc(NC(=O)c2nc(C(=O)Nc3ccccc3C)n3ccccc23)no1. The first-order chi connectivity index (χ1) is 13.5. The van der Waals surface area contributed by atoms with Gasteiger partial charge in [-0.3, -0.25) is 14.0 Å². The lowest BCUT2D eigenvalue weighted by atomic mass is 10.2. The van der Waals surface area contributed by atoms with Gasteiger partial charge in [-0.15, -0.1) is 0 Å². The van der Waals surface area contributed by atoms with Crippen molar-refractivity contribution in [3.8, 4) is 0 Å². The highest BCUT2D eigenvalue weighted by Crippen LogP contribution is 2.18. The molecule has 0 unspecified atom stereocenters. The molecular formula is C20H17N5O3. The van der Waals surface area contributed by atoms with Crippen molar-refractivity contribution in [2.75, 3.05) is 10.6 Å². The fraction of sp³-hybridized carbons (Fsp3) is 0.100. The topological polar surface area (TPSA) is 102 Å². The largest absolute Gasteiger partial charge is 0.360 e. The van der Waals surface area contributed by atoms with Gasteiger partial charge in [0.1, 0.15) is 5.76 Å². The number of aromatic nitrogens is 3. The van der Waals surface area contributed by atoms with E-state index in [-0.39, 0.29) is 17.3 Å². The Bertz CT molecular complexity index is 1190. The molecule has 2 N–H and O–H groups in total. The summed E-state index contributed by atoms with van der Waals surface area (Å²) in [6.45, 7) is 3.63. The van der Waals surface area contributed by atoms with E-state index in [0.717, 1.165) is 5.56 Å². The minimum Gasteiger partial charge on any atom is -0.360 e. The number of imidazole rings is 1. The van der Waals surface area contributed by atoms with E-state index in [4.69, 9.17) is 4.52 Å². The van der Waals surface area contributed by atoms with Crippen molar-refractivity contribution in [1.29, 1.82) is 0 Å². The number of nitrogens with zero attached hydrogens (tertiary/aromatic N) is 3. The summed E-state index contributed by atoms with van der Waals surface area (Å²) in [6, 6.07) is 14.3. The Morgan fingerprint density at radius 2 is 1.79 bits per heavy atom. The Balaban J connectivity index is 1.69. The zero-order chi connectivity index (χ0) is 19.7. The number of fused-ring (bicyclic) bond motifs is 1. The third kappa shape index (κ3) is 3.23. The number of hydrogen-bond acceptors (Lipinski definition) is 5. The first-order valence-corrected chi connectivity index (χ1v) is 8.61. The minimum atomic E-state index is -0.480. The predicted octanol–water partition coefficient (Wildman–Crippen LogP) is 3.44. The van der Waals surface area contributed by atoms with Crippen molar-refractivity contribution in [2.45, 2.75) is 13.8 Å². The molecule has 140 valence electrons. The van der Waals surface area contributed by atoms with Crippen molar-refractivity contribution in [2.24, 2.45) is 0 Å². The van der Waals surface area contributed by atoms with Crippen LogP contribution in [0.2, 0.25) is 0 Å². The highest BCUT2D eigenvalue weighted by molar-refractivity contribution is 6.10. The number of pyridine rings is 1. The molecule has 3 aromatic heterocycles. The van der Waals surface area contributed by atoms with E-state index >= 15 is 0 Å². The number of para-hydroxylation sites is 1. The van der Waals surface area contributed by atoms with Crippen LogP contribution >= 0.6 is 0 Å². The van der Waals surface area contributed by atoms with Crippen LogP contribution in [-0.2, 0) is 0 Å². The van der Waals surface area contributed by atoms with Crippen LogP contribution in [0.1, 0.15) is 32.4 Å². The van der Waals surface area contributed by atoms with Crippen LogP contribution in [0.15, 0.2) is 59.3 Å². The molecule has 0 radical (unpaired) electrons. The van der Waals surface area contributed by atoms with Crippen molar-refractivity contribution in [3.05, 3.63) is 77.6 Å². The van der Waals surface area contributed by atoms with Gasteiger partial charge in [-0.05, 0) is 37.6 Å². The second-order valence-electron chi connectivity index (χ2n) is 6.29. The van der Waals surface area contributed by atoms with Gasteiger partial charge in [-0.1, -0.05) is 29.4 Å². The number of carbonyl (C=O) groups excluding carboxylic acids is 2. The maximum absolute atomic E-state index is 12.8. The Morgan fingerprint density at radius 1 is 1.00 bits per heavy atom.